The summed E-state index contributed by atoms with van der Waals surface area (Å²) in [6, 6.07) is 7.34. The Bertz CT molecular complexity index is 718. The Balaban J connectivity index is 1.75. The van der Waals surface area contributed by atoms with Crippen LogP contribution in [0.3, 0.4) is 0 Å². The van der Waals surface area contributed by atoms with Crippen LogP contribution in [0.15, 0.2) is 35.2 Å². The van der Waals surface area contributed by atoms with Crippen molar-refractivity contribution in [3.8, 4) is 11.4 Å². The van der Waals surface area contributed by atoms with Crippen molar-refractivity contribution in [3.05, 3.63) is 46.7 Å². The molecule has 2 N–H and O–H groups in total. The topological polar surface area (TPSA) is 83.6 Å². The fourth-order valence-corrected chi connectivity index (χ4v) is 2.23. The molecule has 0 bridgehead atoms. The lowest BCUT2D eigenvalue weighted by Gasteiger charge is -2.03. The minimum Gasteiger partial charge on any atom is -0.321 e. The summed E-state index contributed by atoms with van der Waals surface area (Å²) >= 11 is 1.39. The summed E-state index contributed by atoms with van der Waals surface area (Å²) < 4.78 is 0. The molecule has 0 saturated carbocycles. The van der Waals surface area contributed by atoms with Gasteiger partial charge in [0.2, 0.25) is 0 Å². The first-order chi connectivity index (χ1) is 9.72. The Morgan fingerprint density at radius 1 is 1.30 bits per heavy atom. The third-order valence-corrected chi connectivity index (χ3v) is 3.25. The molecule has 0 radical (unpaired) electrons. The molecule has 2 aromatic heterocycles. The van der Waals surface area contributed by atoms with Gasteiger partial charge in [-0.1, -0.05) is 0 Å². The van der Waals surface area contributed by atoms with Crippen molar-refractivity contribution >= 4 is 22.9 Å². The molecular weight excluding hydrogens is 274 g/mol. The van der Waals surface area contributed by atoms with Gasteiger partial charge in [0.15, 0.2) is 5.82 Å². The molecule has 0 aliphatic heterocycles. The number of nitrogens with one attached hydrogen (secondary N) is 2. The molecule has 0 unspecified atom stereocenters. The average molecular weight is 285 g/mol. The van der Waals surface area contributed by atoms with Crippen molar-refractivity contribution in [2.24, 2.45) is 0 Å². The van der Waals surface area contributed by atoms with Crippen LogP contribution in [0.2, 0.25) is 0 Å². The van der Waals surface area contributed by atoms with Crippen molar-refractivity contribution < 1.29 is 4.79 Å². The van der Waals surface area contributed by atoms with Crippen molar-refractivity contribution in [2.75, 3.05) is 5.32 Å². The number of rotatable bonds is 3. The van der Waals surface area contributed by atoms with Crippen molar-refractivity contribution in [3.63, 3.8) is 0 Å². The Morgan fingerprint density at radius 2 is 2.10 bits per heavy atom. The lowest BCUT2D eigenvalue weighted by Crippen LogP contribution is -2.11. The van der Waals surface area contributed by atoms with Crippen molar-refractivity contribution in [1.29, 1.82) is 0 Å². The summed E-state index contributed by atoms with van der Waals surface area (Å²) in [5.74, 6) is 1.19. The normalized spacial score (nSPS) is 10.4. The Kier molecular flexibility index (Phi) is 3.26. The second-order valence-corrected chi connectivity index (χ2v) is 4.87. The Labute approximate surface area is 118 Å². The van der Waals surface area contributed by atoms with E-state index in [-0.39, 0.29) is 5.91 Å². The second kappa shape index (κ2) is 5.22. The van der Waals surface area contributed by atoms with Crippen LogP contribution in [-0.4, -0.2) is 26.1 Å². The monoisotopic (exact) mass is 285 g/mol. The van der Waals surface area contributed by atoms with Gasteiger partial charge >= 0.3 is 0 Å². The maximum Gasteiger partial charge on any atom is 0.275 e. The van der Waals surface area contributed by atoms with Crippen LogP contribution in [0.1, 0.15) is 16.3 Å². The van der Waals surface area contributed by atoms with Gasteiger partial charge in [0.05, 0.1) is 5.51 Å². The number of hydrogen-bond donors (Lipinski definition) is 2. The van der Waals surface area contributed by atoms with Crippen LogP contribution in [-0.2, 0) is 0 Å². The number of aryl methyl sites for hydroxylation is 1. The van der Waals surface area contributed by atoms with E-state index in [1.54, 1.807) is 10.9 Å². The summed E-state index contributed by atoms with van der Waals surface area (Å²) in [6.07, 6.45) is 0. The maximum absolute atomic E-state index is 11.8. The first kappa shape index (κ1) is 12.5. The molecule has 0 fully saturated rings. The highest BCUT2D eigenvalue weighted by Crippen LogP contribution is 2.18. The standard InChI is InChI=1S/C13H11N5OS/c1-8-15-12(18-17-8)9-2-4-10(5-3-9)16-13(19)11-6-20-7-14-11/h2-7H,1H3,(H,16,19)(H,15,17,18). The molecular formula is C13H11N5OS. The fraction of sp³-hybridized carbons (Fsp3) is 0.0769. The van der Waals surface area contributed by atoms with Gasteiger partial charge in [-0.25, -0.2) is 9.97 Å². The van der Waals surface area contributed by atoms with Crippen molar-refractivity contribution in [2.45, 2.75) is 6.92 Å². The Morgan fingerprint density at radius 3 is 2.70 bits per heavy atom. The van der Waals surface area contributed by atoms with E-state index in [4.69, 9.17) is 0 Å². The molecule has 3 rings (SSSR count). The average Bonchev–Trinajstić information content (AvgIpc) is 3.10. The van der Waals surface area contributed by atoms with Gasteiger partial charge < -0.3 is 5.32 Å². The highest BCUT2D eigenvalue weighted by atomic mass is 32.1. The molecule has 100 valence electrons. The molecule has 20 heavy (non-hydrogen) atoms. The zero-order chi connectivity index (χ0) is 13.9. The molecule has 1 amide bonds. The van der Waals surface area contributed by atoms with Gasteiger partial charge in [-0.05, 0) is 31.2 Å². The molecule has 6 nitrogen and oxygen atoms in total. The minimum absolute atomic E-state index is 0.215. The van der Waals surface area contributed by atoms with Crippen LogP contribution < -0.4 is 5.32 Å². The Hall–Kier alpha value is -2.54. The number of aromatic amines is 1. The van der Waals surface area contributed by atoms with E-state index >= 15 is 0 Å². The summed E-state index contributed by atoms with van der Waals surface area (Å²) in [6.45, 7) is 1.85. The molecule has 7 heteroatoms. The summed E-state index contributed by atoms with van der Waals surface area (Å²) in [7, 11) is 0. The zero-order valence-electron chi connectivity index (χ0n) is 10.6. The first-order valence-corrected chi connectivity index (χ1v) is 6.85. The van der Waals surface area contributed by atoms with Crippen LogP contribution in [0.5, 0.6) is 0 Å². The predicted octanol–water partition coefficient (Wildman–Crippen LogP) is 2.49. The lowest BCUT2D eigenvalue weighted by molar-refractivity contribution is 0.102. The predicted molar refractivity (Wildman–Crippen MR) is 76.6 cm³/mol. The number of hydrogen-bond acceptors (Lipinski definition) is 5. The number of H-pyrrole nitrogens is 1. The van der Waals surface area contributed by atoms with Gasteiger partial charge in [0.1, 0.15) is 11.5 Å². The number of amides is 1. The number of carbonyl (C=O) groups is 1. The van der Waals surface area contributed by atoms with E-state index in [9.17, 15) is 4.79 Å². The molecule has 3 aromatic rings. The number of aromatic nitrogens is 4. The van der Waals surface area contributed by atoms with Crippen LogP contribution in [0.4, 0.5) is 5.69 Å². The third-order valence-electron chi connectivity index (χ3n) is 2.66. The van der Waals surface area contributed by atoms with Crippen molar-refractivity contribution in [1.82, 2.24) is 20.2 Å². The molecule has 0 spiro atoms. The largest absolute Gasteiger partial charge is 0.321 e. The zero-order valence-corrected chi connectivity index (χ0v) is 11.4. The SMILES string of the molecule is Cc1nc(-c2ccc(NC(=O)c3cscn3)cc2)n[nH]1. The smallest absolute Gasteiger partial charge is 0.275 e. The summed E-state index contributed by atoms with van der Waals surface area (Å²) in [5, 5.41) is 11.4. The highest BCUT2D eigenvalue weighted by molar-refractivity contribution is 7.07. The van der Waals surface area contributed by atoms with Gasteiger partial charge in [-0.15, -0.1) is 11.3 Å². The lowest BCUT2D eigenvalue weighted by atomic mass is 10.2. The van der Waals surface area contributed by atoms with E-state index in [1.165, 1.54) is 11.3 Å². The fourth-order valence-electron chi connectivity index (χ4n) is 1.69. The van der Waals surface area contributed by atoms with Gasteiger partial charge in [0.25, 0.3) is 5.91 Å². The molecule has 2 heterocycles. The quantitative estimate of drug-likeness (QED) is 0.774. The first-order valence-electron chi connectivity index (χ1n) is 5.91. The minimum atomic E-state index is -0.215. The summed E-state index contributed by atoms with van der Waals surface area (Å²) in [4.78, 5) is 20.0. The van der Waals surface area contributed by atoms with Gasteiger partial charge in [0, 0.05) is 16.6 Å². The van der Waals surface area contributed by atoms with Gasteiger partial charge in [-0.2, -0.15) is 5.10 Å². The third kappa shape index (κ3) is 2.57. The van der Waals surface area contributed by atoms with E-state index < -0.39 is 0 Å². The van der Waals surface area contributed by atoms with Crippen LogP contribution in [0.25, 0.3) is 11.4 Å². The maximum atomic E-state index is 11.8. The second-order valence-electron chi connectivity index (χ2n) is 4.15. The number of benzene rings is 1. The molecule has 0 atom stereocenters. The van der Waals surface area contributed by atoms with E-state index in [0.29, 0.717) is 17.2 Å². The van der Waals surface area contributed by atoms with Crippen LogP contribution in [0, 0.1) is 6.92 Å². The number of anilines is 1. The number of carbonyl (C=O) groups excluding carboxylic acids is 1. The highest BCUT2D eigenvalue weighted by Gasteiger charge is 2.08. The molecule has 0 aliphatic carbocycles. The van der Waals surface area contributed by atoms with E-state index in [0.717, 1.165) is 11.4 Å². The van der Waals surface area contributed by atoms with E-state index in [1.807, 2.05) is 31.2 Å². The number of thiazole rings is 1. The van der Waals surface area contributed by atoms with Gasteiger partial charge in [-0.3, -0.25) is 9.89 Å². The molecule has 0 aliphatic rings. The number of nitrogens with zero attached hydrogens (tertiary/aromatic N) is 3. The summed E-state index contributed by atoms with van der Waals surface area (Å²) in [5.41, 5.74) is 3.65. The molecule has 0 saturated heterocycles. The molecule has 1 aromatic carbocycles. The van der Waals surface area contributed by atoms with Crippen LogP contribution >= 0.6 is 11.3 Å². The van der Waals surface area contributed by atoms with E-state index in [2.05, 4.69) is 25.5 Å².